The molecule has 1 aromatic carbocycles. The van der Waals surface area contributed by atoms with Crippen LogP contribution in [0.5, 0.6) is 5.75 Å². The monoisotopic (exact) mass is 220 g/mol. The Bertz CT molecular complexity index is 335. The number of aromatic hydroxyl groups is 1. The van der Waals surface area contributed by atoms with Crippen molar-refractivity contribution in [2.45, 2.75) is 0 Å². The average molecular weight is 220 g/mol. The summed E-state index contributed by atoms with van der Waals surface area (Å²) in [6.45, 7) is 0. The number of benzene rings is 1. The number of rotatable bonds is 2. The third-order valence-corrected chi connectivity index (χ3v) is 1.31. The van der Waals surface area contributed by atoms with Gasteiger partial charge in [0, 0.05) is 22.8 Å². The summed E-state index contributed by atoms with van der Waals surface area (Å²) in [6, 6.07) is 4.55. The van der Waals surface area contributed by atoms with Gasteiger partial charge in [0.15, 0.2) is 0 Å². The van der Waals surface area contributed by atoms with Gasteiger partial charge in [-0.3, -0.25) is 4.79 Å². The number of carbonyl (C=O) groups excluding carboxylic acids is 1. The molecule has 0 aliphatic heterocycles. The molecule has 0 aliphatic carbocycles. The molecule has 0 fully saturated rings. The minimum absolute atomic E-state index is 0. The second-order valence-corrected chi connectivity index (χ2v) is 2.12. The molecule has 0 amide bonds. The Balaban J connectivity index is 0.00000144. The molecule has 0 saturated carbocycles. The fourth-order valence-electron chi connectivity index (χ4n) is 0.737. The first-order valence-electron chi connectivity index (χ1n) is 3.08. The predicted octanol–water partition coefficient (Wildman–Crippen LogP) is 0.701. The molecule has 4 nitrogen and oxygen atoms in total. The fourth-order valence-corrected chi connectivity index (χ4v) is 0.737. The van der Waals surface area contributed by atoms with E-state index in [1.807, 2.05) is 0 Å². The van der Waals surface area contributed by atoms with Crippen molar-refractivity contribution in [2.24, 2.45) is 0 Å². The van der Waals surface area contributed by atoms with Crippen LogP contribution in [0.4, 0.5) is 0 Å². The van der Waals surface area contributed by atoms with Gasteiger partial charge in [-0.25, -0.2) is 0 Å². The zero-order chi connectivity index (χ0) is 9.14. The van der Waals surface area contributed by atoms with Gasteiger partial charge >= 0.3 is 0 Å². The van der Waals surface area contributed by atoms with Crippen LogP contribution in [-0.2, 0) is 17.1 Å². The number of carbonyl (C=O) groups is 2. The van der Waals surface area contributed by atoms with E-state index in [1.165, 1.54) is 6.07 Å². The molecule has 0 unspecified atom stereocenters. The van der Waals surface area contributed by atoms with E-state index < -0.39 is 11.7 Å². The van der Waals surface area contributed by atoms with Gasteiger partial charge in [-0.05, 0) is 5.56 Å². The Labute approximate surface area is 84.7 Å². The first kappa shape index (κ1) is 11.7. The van der Waals surface area contributed by atoms with E-state index in [1.54, 1.807) is 0 Å². The normalized spacial score (nSPS) is 8.62. The van der Waals surface area contributed by atoms with E-state index in [0.29, 0.717) is 6.29 Å². The maximum atomic E-state index is 10.4. The molecule has 1 aromatic rings. The summed E-state index contributed by atoms with van der Waals surface area (Å²) in [5.74, 6) is -1.75. The van der Waals surface area contributed by atoms with Gasteiger partial charge in [0.25, 0.3) is 5.97 Å². The molecule has 0 spiro atoms. The minimum atomic E-state index is -1.28. The Morgan fingerprint density at radius 1 is 1.54 bits per heavy atom. The maximum absolute atomic E-state index is 10.4. The molecule has 1 rings (SSSR count). The second-order valence-electron chi connectivity index (χ2n) is 2.12. The molecular weight excluding hydrogens is 215 g/mol. The van der Waals surface area contributed by atoms with E-state index in [0.717, 1.165) is 6.07 Å². The minimum Gasteiger partial charge on any atom is -0.533 e. The topological polar surface area (TPSA) is 74.6 Å². The predicted molar refractivity (Wildman–Crippen MR) is 39.3 cm³/mol. The summed E-state index contributed by atoms with van der Waals surface area (Å²) in [5, 5.41) is 17.4. The number of carboxylic acid groups (broad SMARTS) is 1. The van der Waals surface area contributed by atoms with Gasteiger partial charge < -0.3 is 15.0 Å². The van der Waals surface area contributed by atoms with E-state index in [-0.39, 0.29) is 28.2 Å². The number of hydrogen-bond donors (Lipinski definition) is 2. The summed E-state index contributed by atoms with van der Waals surface area (Å²) in [6.07, 6.45) is 0.488. The molecule has 0 aromatic heterocycles. The van der Waals surface area contributed by atoms with Gasteiger partial charge in [-0.15, -0.1) is 12.1 Å². The largest absolute Gasteiger partial charge is 0.533 e. The standard InChI is InChI=1S/C8H5O4.Mn/c9-4-5-1-2-7(10)6(3-5)8(11)12;/h1,3-4,10H,(H,11,12);/q-1;. The third kappa shape index (κ3) is 2.57. The number of phenols is 1. The van der Waals surface area contributed by atoms with Crippen molar-refractivity contribution in [3.8, 4) is 5.75 Å². The van der Waals surface area contributed by atoms with Crippen LogP contribution >= 0.6 is 0 Å². The Morgan fingerprint density at radius 3 is 2.62 bits per heavy atom. The van der Waals surface area contributed by atoms with Crippen molar-refractivity contribution in [1.82, 2.24) is 0 Å². The van der Waals surface area contributed by atoms with Crippen LogP contribution in [0.25, 0.3) is 0 Å². The molecule has 5 heteroatoms. The van der Waals surface area contributed by atoms with Gasteiger partial charge in [0.05, 0.1) is 6.29 Å². The average Bonchev–Trinajstić information content (AvgIpc) is 2.05. The Morgan fingerprint density at radius 2 is 2.15 bits per heavy atom. The van der Waals surface area contributed by atoms with Crippen LogP contribution in [-0.4, -0.2) is 22.5 Å². The van der Waals surface area contributed by atoms with E-state index in [9.17, 15) is 9.59 Å². The molecule has 0 bridgehead atoms. The van der Waals surface area contributed by atoms with Gasteiger partial charge in [0.1, 0.15) is 0 Å². The molecular formula is C8H5MnO4-. The quantitative estimate of drug-likeness (QED) is 0.437. The molecule has 0 saturated heterocycles. The van der Waals surface area contributed by atoms with Crippen LogP contribution in [0.2, 0.25) is 0 Å². The SMILES string of the molecule is O=Cc1c[c-]c(O)c(C(=O)O)c1.[Mn]. The number of carboxylic acids is 1. The van der Waals surface area contributed by atoms with Crippen molar-refractivity contribution in [3.05, 3.63) is 29.3 Å². The molecule has 13 heavy (non-hydrogen) atoms. The molecule has 0 atom stereocenters. The van der Waals surface area contributed by atoms with Crippen molar-refractivity contribution in [2.75, 3.05) is 0 Å². The van der Waals surface area contributed by atoms with Crippen molar-refractivity contribution in [3.63, 3.8) is 0 Å². The van der Waals surface area contributed by atoms with Crippen molar-refractivity contribution >= 4 is 12.3 Å². The molecule has 69 valence electrons. The van der Waals surface area contributed by atoms with Crippen molar-refractivity contribution < 1.29 is 36.9 Å². The zero-order valence-electron chi connectivity index (χ0n) is 6.32. The number of aldehydes is 1. The summed E-state index contributed by atoms with van der Waals surface area (Å²) in [7, 11) is 0. The molecule has 0 aliphatic rings. The van der Waals surface area contributed by atoms with Crippen LogP contribution in [0, 0.1) is 6.07 Å². The summed E-state index contributed by atoms with van der Waals surface area (Å²) >= 11 is 0. The van der Waals surface area contributed by atoms with E-state index >= 15 is 0 Å². The third-order valence-electron chi connectivity index (χ3n) is 1.31. The van der Waals surface area contributed by atoms with Gasteiger partial charge in [0.2, 0.25) is 0 Å². The smallest absolute Gasteiger partial charge is 0.282 e. The van der Waals surface area contributed by atoms with E-state index in [2.05, 4.69) is 6.07 Å². The number of hydrogen-bond acceptors (Lipinski definition) is 3. The zero-order valence-corrected chi connectivity index (χ0v) is 7.50. The Kier molecular flexibility index (Phi) is 4.17. The Hall–Kier alpha value is -1.32. The first-order chi connectivity index (χ1) is 5.65. The number of aromatic carboxylic acids is 1. The first-order valence-corrected chi connectivity index (χ1v) is 3.08. The van der Waals surface area contributed by atoms with Gasteiger partial charge in [-0.1, -0.05) is 5.56 Å². The van der Waals surface area contributed by atoms with Crippen molar-refractivity contribution in [1.29, 1.82) is 0 Å². The van der Waals surface area contributed by atoms with Crippen LogP contribution in [0.1, 0.15) is 20.7 Å². The maximum Gasteiger partial charge on any atom is 0.282 e. The van der Waals surface area contributed by atoms with E-state index in [4.69, 9.17) is 10.2 Å². The molecule has 0 heterocycles. The van der Waals surface area contributed by atoms with Crippen LogP contribution in [0.15, 0.2) is 12.1 Å². The summed E-state index contributed by atoms with van der Waals surface area (Å²) in [5.41, 5.74) is -0.148. The van der Waals surface area contributed by atoms with Crippen LogP contribution in [0.3, 0.4) is 0 Å². The van der Waals surface area contributed by atoms with Crippen LogP contribution < -0.4 is 0 Å². The fraction of sp³-hybridized carbons (Fsp3) is 0. The molecule has 2 N–H and O–H groups in total. The molecule has 1 radical (unpaired) electrons. The second kappa shape index (κ2) is 4.64. The summed E-state index contributed by atoms with van der Waals surface area (Å²) in [4.78, 5) is 20.6. The summed E-state index contributed by atoms with van der Waals surface area (Å²) < 4.78 is 0. The van der Waals surface area contributed by atoms with Gasteiger partial charge in [-0.2, -0.15) is 6.07 Å².